The highest BCUT2D eigenvalue weighted by molar-refractivity contribution is 6.03. The number of Topliss-reactive ketones (excluding diaryl/α,β-unsaturated/α-hetero) is 2. The molecule has 0 aliphatic carbocycles. The lowest BCUT2D eigenvalue weighted by Crippen LogP contribution is -2.13. The maximum absolute atomic E-state index is 12.2. The van der Waals surface area contributed by atoms with E-state index in [-0.39, 0.29) is 18.2 Å². The molecule has 1 aromatic heterocycles. The summed E-state index contributed by atoms with van der Waals surface area (Å²) in [5, 5.41) is 0. The van der Waals surface area contributed by atoms with Gasteiger partial charge in [-0.25, -0.2) is 0 Å². The first kappa shape index (κ1) is 15.0. The number of benzene rings is 1. The second-order valence-corrected chi connectivity index (χ2v) is 5.21. The van der Waals surface area contributed by atoms with Gasteiger partial charge in [0.2, 0.25) is 5.78 Å². The first-order chi connectivity index (χ1) is 9.90. The van der Waals surface area contributed by atoms with E-state index >= 15 is 0 Å². The van der Waals surface area contributed by atoms with Crippen molar-refractivity contribution in [3.05, 3.63) is 52.3 Å². The molecule has 2 rings (SSSR count). The van der Waals surface area contributed by atoms with Gasteiger partial charge in [-0.15, -0.1) is 0 Å². The number of nitrogens with one attached hydrogen (secondary N) is 1. The molecule has 0 aliphatic heterocycles. The number of H-pyrrole nitrogens is 1. The quantitative estimate of drug-likeness (QED) is 0.856. The summed E-state index contributed by atoms with van der Waals surface area (Å²) in [4.78, 5) is 26.8. The summed E-state index contributed by atoms with van der Waals surface area (Å²) in [5.74, 6) is 0.449. The van der Waals surface area contributed by atoms with Gasteiger partial charge in [0, 0.05) is 11.3 Å². The third kappa shape index (κ3) is 3.21. The first-order valence-corrected chi connectivity index (χ1v) is 6.83. The number of ketones is 2. The van der Waals surface area contributed by atoms with E-state index in [4.69, 9.17) is 4.74 Å². The SMILES string of the molecule is CC(=O)c1c(C)[nH]c(C(=O)COc2ccc(C)cc2)c1C. The normalized spacial score (nSPS) is 10.5. The van der Waals surface area contributed by atoms with E-state index in [0.717, 1.165) is 11.3 Å². The zero-order valence-electron chi connectivity index (χ0n) is 12.7. The standard InChI is InChI=1S/C17H19NO3/c1-10-5-7-14(8-6-10)21-9-15(20)17-11(2)16(13(4)19)12(3)18-17/h5-8,18H,9H2,1-4H3. The molecule has 1 heterocycles. The number of carbonyl (C=O) groups is 2. The van der Waals surface area contributed by atoms with Crippen molar-refractivity contribution in [3.63, 3.8) is 0 Å². The van der Waals surface area contributed by atoms with Crippen molar-refractivity contribution < 1.29 is 14.3 Å². The van der Waals surface area contributed by atoms with E-state index < -0.39 is 0 Å². The molecule has 21 heavy (non-hydrogen) atoms. The van der Waals surface area contributed by atoms with Crippen molar-refractivity contribution in [2.45, 2.75) is 27.7 Å². The van der Waals surface area contributed by atoms with Gasteiger partial charge in [0.15, 0.2) is 12.4 Å². The Kier molecular flexibility index (Phi) is 4.26. The lowest BCUT2D eigenvalue weighted by molar-refractivity contribution is 0.0916. The van der Waals surface area contributed by atoms with Crippen molar-refractivity contribution >= 4 is 11.6 Å². The first-order valence-electron chi connectivity index (χ1n) is 6.83. The van der Waals surface area contributed by atoms with Crippen molar-refractivity contribution in [1.29, 1.82) is 0 Å². The van der Waals surface area contributed by atoms with Crippen molar-refractivity contribution in [3.8, 4) is 5.75 Å². The Morgan fingerprint density at radius 1 is 1.10 bits per heavy atom. The van der Waals surface area contributed by atoms with Crippen LogP contribution in [0.15, 0.2) is 24.3 Å². The molecule has 0 amide bonds. The summed E-state index contributed by atoms with van der Waals surface area (Å²) >= 11 is 0. The molecule has 4 nitrogen and oxygen atoms in total. The number of ether oxygens (including phenoxy) is 1. The van der Waals surface area contributed by atoms with Crippen LogP contribution in [0.3, 0.4) is 0 Å². The van der Waals surface area contributed by atoms with Crippen LogP contribution >= 0.6 is 0 Å². The smallest absolute Gasteiger partial charge is 0.216 e. The molecule has 0 aliphatic rings. The van der Waals surface area contributed by atoms with Crippen LogP contribution in [0.4, 0.5) is 0 Å². The number of aromatic amines is 1. The van der Waals surface area contributed by atoms with E-state index in [9.17, 15) is 9.59 Å². The summed E-state index contributed by atoms with van der Waals surface area (Å²) in [7, 11) is 0. The van der Waals surface area contributed by atoms with Gasteiger partial charge in [-0.1, -0.05) is 17.7 Å². The number of hydrogen-bond donors (Lipinski definition) is 1. The average molecular weight is 285 g/mol. The van der Waals surface area contributed by atoms with E-state index in [2.05, 4.69) is 4.98 Å². The fraction of sp³-hybridized carbons (Fsp3) is 0.294. The molecular formula is C17H19NO3. The predicted octanol–water partition coefficient (Wildman–Crippen LogP) is 3.40. The maximum atomic E-state index is 12.2. The van der Waals surface area contributed by atoms with Crippen LogP contribution in [0.1, 0.15) is 44.6 Å². The monoisotopic (exact) mass is 285 g/mol. The zero-order valence-corrected chi connectivity index (χ0v) is 12.7. The van der Waals surface area contributed by atoms with Crippen LogP contribution in [0.25, 0.3) is 0 Å². The summed E-state index contributed by atoms with van der Waals surface area (Å²) in [6, 6.07) is 7.52. The number of aromatic nitrogens is 1. The van der Waals surface area contributed by atoms with Gasteiger partial charge in [-0.3, -0.25) is 9.59 Å². The van der Waals surface area contributed by atoms with Gasteiger partial charge in [-0.2, -0.15) is 0 Å². The van der Waals surface area contributed by atoms with E-state index in [1.165, 1.54) is 6.92 Å². The summed E-state index contributed by atoms with van der Waals surface area (Å²) in [6.07, 6.45) is 0. The minimum Gasteiger partial charge on any atom is -0.485 e. The fourth-order valence-corrected chi connectivity index (χ4v) is 2.41. The topological polar surface area (TPSA) is 59.2 Å². The lowest BCUT2D eigenvalue weighted by atomic mass is 10.1. The van der Waals surface area contributed by atoms with Crippen molar-refractivity contribution in [1.82, 2.24) is 4.98 Å². The molecule has 0 radical (unpaired) electrons. The second-order valence-electron chi connectivity index (χ2n) is 5.21. The fourth-order valence-electron chi connectivity index (χ4n) is 2.41. The van der Waals surface area contributed by atoms with Crippen LogP contribution in [0.5, 0.6) is 5.75 Å². The van der Waals surface area contributed by atoms with Crippen molar-refractivity contribution in [2.24, 2.45) is 0 Å². The average Bonchev–Trinajstić information content (AvgIpc) is 2.73. The molecule has 0 saturated heterocycles. The summed E-state index contributed by atoms with van der Waals surface area (Å²) < 4.78 is 5.49. The molecule has 0 fully saturated rings. The highest BCUT2D eigenvalue weighted by atomic mass is 16.5. The molecule has 0 atom stereocenters. The van der Waals surface area contributed by atoms with E-state index in [1.807, 2.05) is 31.2 Å². The lowest BCUT2D eigenvalue weighted by Gasteiger charge is -2.05. The molecule has 1 N–H and O–H groups in total. The number of rotatable bonds is 5. The number of hydrogen-bond acceptors (Lipinski definition) is 3. The van der Waals surface area contributed by atoms with Gasteiger partial charge in [-0.05, 0) is 45.4 Å². The van der Waals surface area contributed by atoms with E-state index in [1.54, 1.807) is 13.8 Å². The largest absolute Gasteiger partial charge is 0.485 e. The molecular weight excluding hydrogens is 266 g/mol. The maximum Gasteiger partial charge on any atom is 0.216 e. The van der Waals surface area contributed by atoms with E-state index in [0.29, 0.717) is 22.6 Å². The van der Waals surface area contributed by atoms with Gasteiger partial charge < -0.3 is 9.72 Å². The number of carbonyl (C=O) groups excluding carboxylic acids is 2. The second kappa shape index (κ2) is 5.95. The van der Waals surface area contributed by atoms with Gasteiger partial charge in [0.05, 0.1) is 5.69 Å². The highest BCUT2D eigenvalue weighted by Crippen LogP contribution is 2.19. The van der Waals surface area contributed by atoms with Crippen LogP contribution in [0, 0.1) is 20.8 Å². The summed E-state index contributed by atoms with van der Waals surface area (Å²) in [6.45, 7) is 7.01. The Hall–Kier alpha value is -2.36. The van der Waals surface area contributed by atoms with Crippen LogP contribution in [-0.4, -0.2) is 23.2 Å². The molecule has 0 spiro atoms. The highest BCUT2D eigenvalue weighted by Gasteiger charge is 2.19. The van der Waals surface area contributed by atoms with Crippen LogP contribution < -0.4 is 4.74 Å². The molecule has 0 saturated carbocycles. The molecule has 2 aromatic rings. The Morgan fingerprint density at radius 2 is 1.71 bits per heavy atom. The Labute approximate surface area is 124 Å². The molecule has 110 valence electrons. The minimum atomic E-state index is -0.163. The summed E-state index contributed by atoms with van der Waals surface area (Å²) in [5.41, 5.74) is 3.59. The molecule has 0 unspecified atom stereocenters. The molecule has 1 aromatic carbocycles. The molecule has 0 bridgehead atoms. The molecule has 4 heteroatoms. The number of aryl methyl sites for hydroxylation is 2. The zero-order chi connectivity index (χ0) is 15.6. The Balaban J connectivity index is 2.12. The van der Waals surface area contributed by atoms with Gasteiger partial charge >= 0.3 is 0 Å². The van der Waals surface area contributed by atoms with Crippen molar-refractivity contribution in [2.75, 3.05) is 6.61 Å². The third-order valence-electron chi connectivity index (χ3n) is 3.46. The Bertz CT molecular complexity index is 681. The Morgan fingerprint density at radius 3 is 2.24 bits per heavy atom. The van der Waals surface area contributed by atoms with Gasteiger partial charge in [0.1, 0.15) is 5.75 Å². The van der Waals surface area contributed by atoms with Crippen LogP contribution in [-0.2, 0) is 0 Å². The third-order valence-corrected chi connectivity index (χ3v) is 3.46. The predicted molar refractivity (Wildman–Crippen MR) is 81.3 cm³/mol. The minimum absolute atomic E-state index is 0.0419. The van der Waals surface area contributed by atoms with Crippen LogP contribution in [0.2, 0.25) is 0 Å². The van der Waals surface area contributed by atoms with Gasteiger partial charge in [0.25, 0.3) is 0 Å².